The number of hydrogen-bond donors (Lipinski definition) is 1. The molecule has 0 aromatic carbocycles. The van der Waals surface area contributed by atoms with Gasteiger partial charge >= 0.3 is 0 Å². The molecule has 1 fully saturated rings. The molecular weight excluding hydrogens is 258 g/mol. The van der Waals surface area contributed by atoms with E-state index < -0.39 is 0 Å². The van der Waals surface area contributed by atoms with E-state index in [0.29, 0.717) is 6.04 Å². The van der Waals surface area contributed by atoms with Crippen molar-refractivity contribution >= 4 is 17.4 Å². The van der Waals surface area contributed by atoms with E-state index in [9.17, 15) is 0 Å². The molecule has 1 saturated carbocycles. The summed E-state index contributed by atoms with van der Waals surface area (Å²) in [5.41, 5.74) is 1.14. The Balaban J connectivity index is 2.06. The fourth-order valence-corrected chi connectivity index (χ4v) is 2.84. The van der Waals surface area contributed by atoms with Crippen LogP contribution in [-0.2, 0) is 6.54 Å². The highest BCUT2D eigenvalue weighted by Crippen LogP contribution is 2.27. The Morgan fingerprint density at radius 1 is 1.42 bits per heavy atom. The van der Waals surface area contributed by atoms with Crippen LogP contribution in [0.4, 0.5) is 5.82 Å². The van der Waals surface area contributed by atoms with Gasteiger partial charge in [-0.05, 0) is 37.4 Å². The van der Waals surface area contributed by atoms with E-state index in [4.69, 9.17) is 11.6 Å². The molecule has 3 nitrogen and oxygen atoms in total. The van der Waals surface area contributed by atoms with E-state index in [1.165, 1.54) is 25.7 Å². The topological polar surface area (TPSA) is 28.2 Å². The normalized spacial score (nSPS) is 15.9. The highest BCUT2D eigenvalue weighted by molar-refractivity contribution is 6.31. The maximum Gasteiger partial charge on any atom is 0.128 e. The van der Waals surface area contributed by atoms with Crippen molar-refractivity contribution in [2.24, 2.45) is 0 Å². The largest absolute Gasteiger partial charge is 0.357 e. The number of pyridine rings is 1. The average Bonchev–Trinajstić information content (AvgIpc) is 2.94. The number of rotatable bonds is 6. The zero-order valence-corrected chi connectivity index (χ0v) is 12.7. The molecule has 106 valence electrons. The van der Waals surface area contributed by atoms with Crippen molar-refractivity contribution in [3.8, 4) is 0 Å². The first-order valence-electron chi connectivity index (χ1n) is 7.30. The van der Waals surface area contributed by atoms with Crippen LogP contribution < -0.4 is 10.2 Å². The molecule has 1 aliphatic carbocycles. The summed E-state index contributed by atoms with van der Waals surface area (Å²) < 4.78 is 0. The Bertz CT molecular complexity index is 402. The number of anilines is 1. The van der Waals surface area contributed by atoms with Gasteiger partial charge in [0.2, 0.25) is 0 Å². The zero-order valence-electron chi connectivity index (χ0n) is 12.0. The van der Waals surface area contributed by atoms with Crippen molar-refractivity contribution in [3.05, 3.63) is 22.8 Å². The van der Waals surface area contributed by atoms with Crippen LogP contribution in [0, 0.1) is 0 Å². The predicted octanol–water partition coefficient (Wildman–Crippen LogP) is 3.61. The third kappa shape index (κ3) is 3.83. The first kappa shape index (κ1) is 14.6. The van der Waals surface area contributed by atoms with Crippen molar-refractivity contribution in [1.29, 1.82) is 0 Å². The van der Waals surface area contributed by atoms with Gasteiger partial charge in [0.15, 0.2) is 0 Å². The standard InChI is InChI=1S/C15H24ClN3/c1-3-8-17-10-12-9-15(18-11-14(12)16)19(2)13-6-4-5-7-13/h9,11,13,17H,3-8,10H2,1-2H3. The highest BCUT2D eigenvalue weighted by atomic mass is 35.5. The second-order valence-corrected chi connectivity index (χ2v) is 5.77. The van der Waals surface area contributed by atoms with Crippen LogP contribution in [0.3, 0.4) is 0 Å². The van der Waals surface area contributed by atoms with E-state index in [1.807, 2.05) is 0 Å². The van der Waals surface area contributed by atoms with Crippen LogP contribution in [0.1, 0.15) is 44.6 Å². The van der Waals surface area contributed by atoms with E-state index in [-0.39, 0.29) is 0 Å². The van der Waals surface area contributed by atoms with E-state index in [2.05, 4.69) is 35.2 Å². The molecule has 0 radical (unpaired) electrons. The van der Waals surface area contributed by atoms with Crippen LogP contribution in [0.2, 0.25) is 5.02 Å². The van der Waals surface area contributed by atoms with Gasteiger partial charge in [0, 0.05) is 25.8 Å². The quantitative estimate of drug-likeness (QED) is 0.808. The smallest absolute Gasteiger partial charge is 0.128 e. The van der Waals surface area contributed by atoms with Crippen LogP contribution in [0.15, 0.2) is 12.3 Å². The minimum Gasteiger partial charge on any atom is -0.357 e. The molecule has 0 unspecified atom stereocenters. The lowest BCUT2D eigenvalue weighted by Gasteiger charge is -2.26. The molecule has 0 atom stereocenters. The number of nitrogens with zero attached hydrogens (tertiary/aromatic N) is 2. The SMILES string of the molecule is CCCNCc1cc(N(C)C2CCCC2)ncc1Cl. The van der Waals surface area contributed by atoms with E-state index >= 15 is 0 Å². The Labute approximate surface area is 121 Å². The van der Waals surface area contributed by atoms with Gasteiger partial charge < -0.3 is 10.2 Å². The van der Waals surface area contributed by atoms with Crippen molar-refractivity contribution in [3.63, 3.8) is 0 Å². The van der Waals surface area contributed by atoms with Crippen molar-refractivity contribution in [1.82, 2.24) is 10.3 Å². The fourth-order valence-electron chi connectivity index (χ4n) is 2.67. The second-order valence-electron chi connectivity index (χ2n) is 5.36. The molecular formula is C15H24ClN3. The first-order chi connectivity index (χ1) is 9.22. The molecule has 1 N–H and O–H groups in total. The van der Waals surface area contributed by atoms with Gasteiger partial charge in [-0.25, -0.2) is 4.98 Å². The summed E-state index contributed by atoms with van der Waals surface area (Å²) in [6.45, 7) is 4.01. The Morgan fingerprint density at radius 2 is 2.16 bits per heavy atom. The number of hydrogen-bond acceptors (Lipinski definition) is 3. The van der Waals surface area contributed by atoms with Gasteiger partial charge in [-0.2, -0.15) is 0 Å². The molecule has 2 rings (SSSR count). The van der Waals surface area contributed by atoms with Gasteiger partial charge in [-0.1, -0.05) is 31.4 Å². The highest BCUT2D eigenvalue weighted by Gasteiger charge is 2.21. The van der Waals surface area contributed by atoms with Crippen LogP contribution in [0.25, 0.3) is 0 Å². The molecule has 0 aliphatic heterocycles. The molecule has 0 bridgehead atoms. The summed E-state index contributed by atoms with van der Waals surface area (Å²) in [5.74, 6) is 1.05. The summed E-state index contributed by atoms with van der Waals surface area (Å²) in [4.78, 5) is 6.79. The molecule has 1 aromatic heterocycles. The molecule has 1 aromatic rings. The van der Waals surface area contributed by atoms with E-state index in [1.54, 1.807) is 6.20 Å². The molecule has 0 saturated heterocycles. The maximum absolute atomic E-state index is 6.22. The van der Waals surface area contributed by atoms with Crippen molar-refractivity contribution in [2.75, 3.05) is 18.5 Å². The first-order valence-corrected chi connectivity index (χ1v) is 7.68. The monoisotopic (exact) mass is 281 g/mol. The summed E-state index contributed by atoms with van der Waals surface area (Å²) >= 11 is 6.22. The lowest BCUT2D eigenvalue weighted by Crippen LogP contribution is -2.29. The lowest BCUT2D eigenvalue weighted by molar-refractivity contribution is 0.643. The summed E-state index contributed by atoms with van der Waals surface area (Å²) in [6.07, 6.45) is 8.16. The maximum atomic E-state index is 6.22. The van der Waals surface area contributed by atoms with Gasteiger partial charge in [0.1, 0.15) is 5.82 Å². The van der Waals surface area contributed by atoms with Gasteiger partial charge in [0.25, 0.3) is 0 Å². The second kappa shape index (κ2) is 7.11. The summed E-state index contributed by atoms with van der Waals surface area (Å²) in [7, 11) is 2.15. The zero-order chi connectivity index (χ0) is 13.7. The molecule has 4 heteroatoms. The van der Waals surface area contributed by atoms with Crippen LogP contribution in [-0.4, -0.2) is 24.6 Å². The third-order valence-electron chi connectivity index (χ3n) is 3.90. The van der Waals surface area contributed by atoms with Gasteiger partial charge in [0.05, 0.1) is 5.02 Å². The molecule has 19 heavy (non-hydrogen) atoms. The lowest BCUT2D eigenvalue weighted by atomic mass is 10.2. The Kier molecular flexibility index (Phi) is 5.46. The minimum absolute atomic E-state index is 0.644. The summed E-state index contributed by atoms with van der Waals surface area (Å²) in [6, 6.07) is 2.77. The Hall–Kier alpha value is -0.800. The number of nitrogens with one attached hydrogen (secondary N) is 1. The fraction of sp³-hybridized carbons (Fsp3) is 0.667. The minimum atomic E-state index is 0.644. The Morgan fingerprint density at radius 3 is 2.84 bits per heavy atom. The third-order valence-corrected chi connectivity index (χ3v) is 4.24. The number of halogens is 1. The van der Waals surface area contributed by atoms with Crippen LogP contribution in [0.5, 0.6) is 0 Å². The molecule has 1 heterocycles. The van der Waals surface area contributed by atoms with Crippen molar-refractivity contribution < 1.29 is 0 Å². The predicted molar refractivity (Wildman–Crippen MR) is 81.9 cm³/mol. The van der Waals surface area contributed by atoms with Crippen molar-refractivity contribution in [2.45, 2.75) is 51.6 Å². The molecule has 0 amide bonds. The van der Waals surface area contributed by atoms with Gasteiger partial charge in [-0.15, -0.1) is 0 Å². The molecule has 1 aliphatic rings. The van der Waals surface area contributed by atoms with Gasteiger partial charge in [-0.3, -0.25) is 0 Å². The summed E-state index contributed by atoms with van der Waals surface area (Å²) in [5, 5.41) is 4.15. The number of aromatic nitrogens is 1. The van der Waals surface area contributed by atoms with Crippen LogP contribution >= 0.6 is 11.6 Å². The molecule has 0 spiro atoms. The average molecular weight is 282 g/mol. The van der Waals surface area contributed by atoms with E-state index in [0.717, 1.165) is 35.9 Å².